The van der Waals surface area contributed by atoms with Gasteiger partial charge in [0.15, 0.2) is 11.5 Å². The fourth-order valence-corrected chi connectivity index (χ4v) is 2.74. The van der Waals surface area contributed by atoms with Crippen molar-refractivity contribution in [3.63, 3.8) is 0 Å². The lowest BCUT2D eigenvalue weighted by molar-refractivity contribution is -0.484. The van der Waals surface area contributed by atoms with Crippen LogP contribution in [0.15, 0.2) is 42.5 Å². The highest BCUT2D eigenvalue weighted by atomic mass is 16.6. The summed E-state index contributed by atoms with van der Waals surface area (Å²) < 4.78 is 12.3. The van der Waals surface area contributed by atoms with E-state index in [0.29, 0.717) is 28.1 Å². The van der Waals surface area contributed by atoms with Crippen LogP contribution in [0.2, 0.25) is 0 Å². The molecule has 0 radical (unpaired) electrons. The van der Waals surface area contributed by atoms with E-state index in [1.165, 1.54) is 14.2 Å². The molecule has 0 saturated carbocycles. The number of nitrogens with zero attached hydrogens (tertiary/aromatic N) is 4. The minimum atomic E-state index is -0.669. The molecule has 3 rings (SSSR count). The molecule has 0 aliphatic carbocycles. The molecule has 0 aliphatic rings. The van der Waals surface area contributed by atoms with E-state index in [1.807, 2.05) is 24.3 Å². The van der Waals surface area contributed by atoms with E-state index in [0.717, 1.165) is 0 Å². The van der Waals surface area contributed by atoms with Gasteiger partial charge in [-0.1, -0.05) is 29.5 Å². The summed E-state index contributed by atoms with van der Waals surface area (Å²) in [6.07, 6.45) is 0. The maximum atomic E-state index is 11.2. The number of hydrogen-bond acceptors (Lipinski definition) is 6. The average Bonchev–Trinajstić information content (AvgIpc) is 3.02. The zero-order valence-electron chi connectivity index (χ0n) is 13.2. The fourth-order valence-electron chi connectivity index (χ4n) is 2.74. The second-order valence-electron chi connectivity index (χ2n) is 5.14. The van der Waals surface area contributed by atoms with E-state index in [4.69, 9.17) is 9.47 Å². The number of methoxy groups -OCH3 is 2. The molecular weight excluding hydrogens is 312 g/mol. The number of hydrogen-bond donors (Lipinski definition) is 0. The lowest BCUT2D eigenvalue weighted by Crippen LogP contribution is -2.22. The van der Waals surface area contributed by atoms with Crippen molar-refractivity contribution in [2.75, 3.05) is 20.8 Å². The molecule has 0 aliphatic heterocycles. The molecule has 0 fully saturated rings. The topological polar surface area (TPSA) is 92.3 Å². The Balaban J connectivity index is 2.20. The number of benzene rings is 2. The standard InChI is InChI=1S/C16H16N4O4/c1-23-15-9-5-6-11(16(15)24-2)14(10-19(21)22)20-13-8-4-3-7-12(13)17-18-20/h3-9,14H,10H2,1-2H3/t14-/m1/s1. The maximum absolute atomic E-state index is 11.2. The highest BCUT2D eigenvalue weighted by Crippen LogP contribution is 2.36. The summed E-state index contributed by atoms with van der Waals surface area (Å²) in [7, 11) is 3.03. The third-order valence-electron chi connectivity index (χ3n) is 3.79. The molecule has 1 aromatic heterocycles. The molecule has 2 aromatic carbocycles. The first-order valence-electron chi connectivity index (χ1n) is 7.28. The van der Waals surface area contributed by atoms with E-state index in [9.17, 15) is 10.1 Å². The summed E-state index contributed by atoms with van der Waals surface area (Å²) in [4.78, 5) is 10.9. The molecule has 1 heterocycles. The second-order valence-corrected chi connectivity index (χ2v) is 5.14. The van der Waals surface area contributed by atoms with E-state index >= 15 is 0 Å². The number of para-hydroxylation sites is 2. The van der Waals surface area contributed by atoms with Gasteiger partial charge in [-0.3, -0.25) is 10.1 Å². The summed E-state index contributed by atoms with van der Waals surface area (Å²) >= 11 is 0. The van der Waals surface area contributed by atoms with Gasteiger partial charge in [-0.2, -0.15) is 0 Å². The van der Waals surface area contributed by atoms with Gasteiger partial charge in [-0.15, -0.1) is 5.10 Å². The van der Waals surface area contributed by atoms with Crippen molar-refractivity contribution < 1.29 is 14.4 Å². The third kappa shape index (κ3) is 2.73. The highest BCUT2D eigenvalue weighted by Gasteiger charge is 2.27. The van der Waals surface area contributed by atoms with Crippen LogP contribution in [0.5, 0.6) is 11.5 Å². The number of rotatable bonds is 6. The highest BCUT2D eigenvalue weighted by molar-refractivity contribution is 5.74. The van der Waals surface area contributed by atoms with Crippen molar-refractivity contribution in [3.05, 3.63) is 58.1 Å². The molecule has 0 saturated heterocycles. The summed E-state index contributed by atoms with van der Waals surface area (Å²) in [6.45, 7) is -0.350. The summed E-state index contributed by atoms with van der Waals surface area (Å²) in [5.41, 5.74) is 2.01. The minimum absolute atomic E-state index is 0.350. The Morgan fingerprint density at radius 1 is 1.17 bits per heavy atom. The lowest BCUT2D eigenvalue weighted by Gasteiger charge is -2.19. The van der Waals surface area contributed by atoms with Crippen LogP contribution < -0.4 is 9.47 Å². The van der Waals surface area contributed by atoms with Crippen LogP contribution in [0, 0.1) is 10.1 Å². The molecule has 124 valence electrons. The summed E-state index contributed by atoms with van der Waals surface area (Å²) in [5.74, 6) is 0.958. The van der Waals surface area contributed by atoms with Crippen molar-refractivity contribution in [2.45, 2.75) is 6.04 Å². The van der Waals surface area contributed by atoms with Crippen LogP contribution in [0.1, 0.15) is 11.6 Å². The number of nitro groups is 1. The first-order valence-corrected chi connectivity index (χ1v) is 7.28. The molecule has 0 spiro atoms. The molecule has 8 nitrogen and oxygen atoms in total. The molecule has 0 N–H and O–H groups in total. The number of aromatic nitrogens is 3. The van der Waals surface area contributed by atoms with Crippen LogP contribution in [-0.4, -0.2) is 40.7 Å². The van der Waals surface area contributed by atoms with E-state index in [2.05, 4.69) is 10.3 Å². The van der Waals surface area contributed by atoms with Crippen molar-refractivity contribution in [2.24, 2.45) is 0 Å². The Labute approximate surface area is 137 Å². The van der Waals surface area contributed by atoms with E-state index < -0.39 is 6.04 Å². The predicted octanol–water partition coefficient (Wildman–Crippen LogP) is 2.31. The number of fused-ring (bicyclic) bond motifs is 1. The monoisotopic (exact) mass is 328 g/mol. The van der Waals surface area contributed by atoms with Gasteiger partial charge in [-0.25, -0.2) is 4.68 Å². The Morgan fingerprint density at radius 3 is 2.67 bits per heavy atom. The number of ether oxygens (including phenoxy) is 2. The zero-order valence-corrected chi connectivity index (χ0v) is 13.2. The summed E-state index contributed by atoms with van der Waals surface area (Å²) in [6, 6.07) is 11.9. The fraction of sp³-hybridized carbons (Fsp3) is 0.250. The first kappa shape index (κ1) is 15.7. The SMILES string of the molecule is COc1cccc([C@@H](C[N+](=O)[O-])n2nnc3ccccc32)c1OC. The Hall–Kier alpha value is -3.16. The van der Waals surface area contributed by atoms with Crippen molar-refractivity contribution >= 4 is 11.0 Å². The molecule has 0 unspecified atom stereocenters. The van der Waals surface area contributed by atoms with Gasteiger partial charge < -0.3 is 9.47 Å². The first-order chi connectivity index (χ1) is 11.7. The Kier molecular flexibility index (Phi) is 4.28. The largest absolute Gasteiger partial charge is 0.493 e. The Bertz CT molecular complexity index is 877. The van der Waals surface area contributed by atoms with Gasteiger partial charge in [-0.05, 0) is 18.2 Å². The Morgan fingerprint density at radius 2 is 1.96 bits per heavy atom. The molecule has 24 heavy (non-hydrogen) atoms. The van der Waals surface area contributed by atoms with E-state index in [1.54, 1.807) is 22.9 Å². The van der Waals surface area contributed by atoms with Crippen LogP contribution in [0.3, 0.4) is 0 Å². The summed E-state index contributed by atoms with van der Waals surface area (Å²) in [5, 5.41) is 19.5. The van der Waals surface area contributed by atoms with Crippen molar-refractivity contribution in [1.82, 2.24) is 15.0 Å². The van der Waals surface area contributed by atoms with E-state index in [-0.39, 0.29) is 11.5 Å². The van der Waals surface area contributed by atoms with Gasteiger partial charge in [0.1, 0.15) is 11.6 Å². The van der Waals surface area contributed by atoms with Crippen LogP contribution in [-0.2, 0) is 0 Å². The van der Waals surface area contributed by atoms with Crippen LogP contribution >= 0.6 is 0 Å². The lowest BCUT2D eigenvalue weighted by atomic mass is 10.0. The van der Waals surface area contributed by atoms with Gasteiger partial charge in [0.05, 0.1) is 19.7 Å². The maximum Gasteiger partial charge on any atom is 0.230 e. The molecule has 3 aromatic rings. The molecule has 1 atom stereocenters. The molecule has 0 amide bonds. The van der Waals surface area contributed by atoms with Gasteiger partial charge in [0, 0.05) is 10.5 Å². The van der Waals surface area contributed by atoms with Gasteiger partial charge in [0.25, 0.3) is 0 Å². The molecule has 8 heteroatoms. The second kappa shape index (κ2) is 6.53. The zero-order chi connectivity index (χ0) is 17.1. The molecule has 0 bridgehead atoms. The smallest absolute Gasteiger partial charge is 0.230 e. The van der Waals surface area contributed by atoms with Crippen LogP contribution in [0.4, 0.5) is 0 Å². The van der Waals surface area contributed by atoms with Gasteiger partial charge >= 0.3 is 0 Å². The quantitative estimate of drug-likeness (QED) is 0.509. The minimum Gasteiger partial charge on any atom is -0.493 e. The van der Waals surface area contributed by atoms with Crippen LogP contribution in [0.25, 0.3) is 11.0 Å². The van der Waals surface area contributed by atoms with Crippen molar-refractivity contribution in [1.29, 1.82) is 0 Å². The third-order valence-corrected chi connectivity index (χ3v) is 3.79. The van der Waals surface area contributed by atoms with Gasteiger partial charge in [0.2, 0.25) is 6.54 Å². The van der Waals surface area contributed by atoms with Crippen molar-refractivity contribution in [3.8, 4) is 11.5 Å². The normalized spacial score (nSPS) is 12.1. The predicted molar refractivity (Wildman–Crippen MR) is 87.1 cm³/mol. The molecular formula is C16H16N4O4. The average molecular weight is 328 g/mol.